The fourth-order valence-corrected chi connectivity index (χ4v) is 4.16. The number of esters is 1. The van der Waals surface area contributed by atoms with E-state index in [1.54, 1.807) is 11.6 Å². The van der Waals surface area contributed by atoms with Gasteiger partial charge in [0.05, 0.1) is 24.9 Å². The van der Waals surface area contributed by atoms with E-state index in [-0.39, 0.29) is 18.4 Å². The summed E-state index contributed by atoms with van der Waals surface area (Å²) in [5.41, 5.74) is 8.97. The van der Waals surface area contributed by atoms with Gasteiger partial charge in [0.2, 0.25) is 0 Å². The molecule has 156 valence electrons. The molecule has 1 atom stereocenters. The van der Waals surface area contributed by atoms with Gasteiger partial charge in [0.25, 0.3) is 0 Å². The summed E-state index contributed by atoms with van der Waals surface area (Å²) in [6.07, 6.45) is 7.80. The number of aryl methyl sites for hydroxylation is 1. The summed E-state index contributed by atoms with van der Waals surface area (Å²) in [6.45, 7) is 4.65. The van der Waals surface area contributed by atoms with Gasteiger partial charge >= 0.3 is 5.97 Å². The third-order valence-corrected chi connectivity index (χ3v) is 5.59. The predicted molar refractivity (Wildman–Crippen MR) is 115 cm³/mol. The van der Waals surface area contributed by atoms with E-state index in [4.69, 9.17) is 16.3 Å². The lowest BCUT2D eigenvalue weighted by atomic mass is 9.89. The van der Waals surface area contributed by atoms with Gasteiger partial charge in [-0.3, -0.25) is 4.79 Å². The monoisotopic (exact) mass is 425 g/mol. The Morgan fingerprint density at radius 1 is 1.37 bits per heavy atom. The van der Waals surface area contributed by atoms with Crippen molar-refractivity contribution in [3.63, 3.8) is 0 Å². The van der Waals surface area contributed by atoms with Crippen LogP contribution in [0.15, 0.2) is 54.0 Å². The Balaban J connectivity index is 1.62. The van der Waals surface area contributed by atoms with E-state index in [2.05, 4.69) is 39.8 Å². The number of nitrogens with zero attached hydrogens (tertiary/aromatic N) is 4. The van der Waals surface area contributed by atoms with Crippen LogP contribution >= 0.6 is 11.6 Å². The molecule has 4 rings (SSSR count). The molecule has 2 heterocycles. The minimum absolute atomic E-state index is 0.00719. The van der Waals surface area contributed by atoms with Crippen molar-refractivity contribution in [3.8, 4) is 0 Å². The Labute approximate surface area is 180 Å². The molecule has 0 amide bonds. The van der Waals surface area contributed by atoms with Crippen LogP contribution < -0.4 is 5.43 Å². The number of fused-ring (bicyclic) bond motifs is 1. The highest BCUT2D eigenvalue weighted by Gasteiger charge is 2.33. The van der Waals surface area contributed by atoms with Crippen molar-refractivity contribution in [2.45, 2.75) is 32.9 Å². The number of hydrazine groups is 1. The van der Waals surface area contributed by atoms with Crippen LogP contribution in [0.4, 0.5) is 0 Å². The summed E-state index contributed by atoms with van der Waals surface area (Å²) in [7, 11) is 1.98. The first-order valence-electron chi connectivity index (χ1n) is 9.88. The number of rotatable bonds is 6. The van der Waals surface area contributed by atoms with Gasteiger partial charge in [0.1, 0.15) is 18.6 Å². The number of carbonyl (C=O) groups is 1. The summed E-state index contributed by atoms with van der Waals surface area (Å²) in [4.78, 5) is 16.1. The van der Waals surface area contributed by atoms with E-state index < -0.39 is 0 Å². The van der Waals surface area contributed by atoms with Crippen LogP contribution in [0.25, 0.3) is 5.57 Å². The molecule has 0 bridgehead atoms. The molecule has 1 aromatic heterocycles. The molecule has 0 fully saturated rings. The first-order chi connectivity index (χ1) is 14.5. The second kappa shape index (κ2) is 8.45. The number of aromatic nitrogens is 3. The van der Waals surface area contributed by atoms with Gasteiger partial charge in [-0.1, -0.05) is 42.0 Å². The van der Waals surface area contributed by atoms with Crippen molar-refractivity contribution in [2.24, 2.45) is 0 Å². The van der Waals surface area contributed by atoms with Crippen molar-refractivity contribution < 1.29 is 9.53 Å². The van der Waals surface area contributed by atoms with Gasteiger partial charge in [-0.2, -0.15) is 5.10 Å². The van der Waals surface area contributed by atoms with E-state index in [9.17, 15) is 4.79 Å². The van der Waals surface area contributed by atoms with E-state index >= 15 is 0 Å². The molecule has 1 aromatic carbocycles. The molecule has 1 aliphatic heterocycles. The lowest BCUT2D eigenvalue weighted by Gasteiger charge is -2.23. The summed E-state index contributed by atoms with van der Waals surface area (Å²) in [5.74, 6) is 0.271. The number of hydrogen-bond donors (Lipinski definition) is 1. The zero-order valence-corrected chi connectivity index (χ0v) is 18.0. The first-order valence-corrected chi connectivity index (χ1v) is 10.3. The molecule has 2 aromatic rings. The minimum Gasteiger partial charge on any atom is -0.466 e. The minimum atomic E-state index is -0.308. The lowest BCUT2D eigenvalue weighted by Crippen LogP contribution is -2.36. The zero-order valence-electron chi connectivity index (χ0n) is 17.2. The summed E-state index contributed by atoms with van der Waals surface area (Å²) in [6, 6.07) is 6.11. The van der Waals surface area contributed by atoms with Crippen molar-refractivity contribution in [3.05, 3.63) is 76.0 Å². The van der Waals surface area contributed by atoms with Gasteiger partial charge in [0, 0.05) is 12.1 Å². The molecule has 0 saturated heterocycles. The molecular weight excluding hydrogens is 402 g/mol. The molecule has 30 heavy (non-hydrogen) atoms. The molecule has 1 N–H and O–H groups in total. The van der Waals surface area contributed by atoms with Crippen molar-refractivity contribution in [2.75, 3.05) is 13.7 Å². The standard InChI is InChI=1S/C22H24ClN5O2/c1-4-30-21(29)11-20-24-13-25-28(20)12-19-17-7-5-6-16(22(17)26-27(19)3)15-9-8-14(2)10-18(15)23/h5-10,13,22,26H,4,11-12H2,1-3H3. The second-order valence-corrected chi connectivity index (χ2v) is 7.71. The van der Waals surface area contributed by atoms with E-state index in [1.807, 2.05) is 31.1 Å². The topological polar surface area (TPSA) is 72.3 Å². The molecule has 0 saturated carbocycles. The summed E-state index contributed by atoms with van der Waals surface area (Å²) >= 11 is 6.55. The number of halogens is 1. The van der Waals surface area contributed by atoms with Crippen LogP contribution in [-0.2, 0) is 22.5 Å². The van der Waals surface area contributed by atoms with E-state index in [0.717, 1.165) is 33.0 Å². The fourth-order valence-electron chi connectivity index (χ4n) is 3.82. The van der Waals surface area contributed by atoms with Gasteiger partial charge in [0.15, 0.2) is 0 Å². The third-order valence-electron chi connectivity index (χ3n) is 5.27. The van der Waals surface area contributed by atoms with Crippen molar-refractivity contribution in [1.29, 1.82) is 0 Å². The molecule has 7 nitrogen and oxygen atoms in total. The lowest BCUT2D eigenvalue weighted by molar-refractivity contribution is -0.142. The van der Waals surface area contributed by atoms with Crippen LogP contribution in [0.1, 0.15) is 23.9 Å². The maximum Gasteiger partial charge on any atom is 0.313 e. The highest BCUT2D eigenvalue weighted by Crippen LogP contribution is 2.37. The molecule has 1 aliphatic carbocycles. The smallest absolute Gasteiger partial charge is 0.313 e. The first kappa shape index (κ1) is 20.4. The van der Waals surface area contributed by atoms with Crippen molar-refractivity contribution in [1.82, 2.24) is 25.2 Å². The number of hydrogen-bond acceptors (Lipinski definition) is 6. The normalized spacial score (nSPS) is 17.9. The van der Waals surface area contributed by atoms with Gasteiger partial charge in [-0.15, -0.1) is 0 Å². The van der Waals surface area contributed by atoms with Gasteiger partial charge < -0.3 is 9.75 Å². The number of likely N-dealkylation sites (N-methyl/N-ethyl adjacent to an activating group) is 1. The Morgan fingerprint density at radius 2 is 2.20 bits per heavy atom. The van der Waals surface area contributed by atoms with Gasteiger partial charge in [-0.05, 0) is 42.2 Å². The number of nitrogens with one attached hydrogen (secondary N) is 1. The van der Waals surface area contributed by atoms with Crippen LogP contribution in [0.3, 0.4) is 0 Å². The second-order valence-electron chi connectivity index (χ2n) is 7.30. The number of ether oxygens (including phenoxy) is 1. The highest BCUT2D eigenvalue weighted by atomic mass is 35.5. The molecule has 0 radical (unpaired) electrons. The van der Waals surface area contributed by atoms with Crippen molar-refractivity contribution >= 4 is 23.1 Å². The average Bonchev–Trinajstić information content (AvgIpc) is 3.26. The molecular formula is C22H24ClN5O2. The molecule has 0 spiro atoms. The highest BCUT2D eigenvalue weighted by molar-refractivity contribution is 6.32. The molecule has 8 heteroatoms. The Morgan fingerprint density at radius 3 is 2.97 bits per heavy atom. The Hall–Kier alpha value is -2.90. The van der Waals surface area contributed by atoms with E-state index in [0.29, 0.717) is 19.0 Å². The van der Waals surface area contributed by atoms with Crippen LogP contribution in [0, 0.1) is 6.92 Å². The van der Waals surface area contributed by atoms with Gasteiger partial charge in [-0.25, -0.2) is 15.1 Å². The third kappa shape index (κ3) is 3.91. The zero-order chi connectivity index (χ0) is 21.3. The maximum atomic E-state index is 11.9. The predicted octanol–water partition coefficient (Wildman–Crippen LogP) is 3.07. The quantitative estimate of drug-likeness (QED) is 0.717. The molecule has 2 aliphatic rings. The summed E-state index contributed by atoms with van der Waals surface area (Å²) < 4.78 is 6.78. The fraction of sp³-hybridized carbons (Fsp3) is 0.318. The average molecular weight is 426 g/mol. The SMILES string of the molecule is CCOC(=O)Cc1ncnn1CC1=C2C=CC=C(c3ccc(C)cc3Cl)C2NN1C. The van der Waals surface area contributed by atoms with Crippen LogP contribution in [0.2, 0.25) is 5.02 Å². The largest absolute Gasteiger partial charge is 0.466 e. The Kier molecular flexibility index (Phi) is 5.74. The number of benzene rings is 1. The number of carbonyl (C=O) groups excluding carboxylic acids is 1. The van der Waals surface area contributed by atoms with E-state index in [1.165, 1.54) is 6.33 Å². The summed E-state index contributed by atoms with van der Waals surface area (Å²) in [5, 5.41) is 7.05. The molecule has 1 unspecified atom stereocenters. The van der Waals surface area contributed by atoms with Crippen LogP contribution in [-0.4, -0.2) is 45.4 Å². The Bertz CT molecular complexity index is 1070. The number of allylic oxidation sites excluding steroid dienone is 3. The van der Waals surface area contributed by atoms with Crippen LogP contribution in [0.5, 0.6) is 0 Å². The maximum absolute atomic E-state index is 11.9.